The molecule has 2 aromatic carbocycles. The molecule has 5 heteroatoms. The highest BCUT2D eigenvalue weighted by molar-refractivity contribution is 6.07. The van der Waals surface area contributed by atoms with Crippen molar-refractivity contribution in [3.63, 3.8) is 0 Å². The summed E-state index contributed by atoms with van der Waals surface area (Å²) in [6.07, 6.45) is 4.24. The zero-order valence-corrected chi connectivity index (χ0v) is 13.0. The molecule has 0 bridgehead atoms. The van der Waals surface area contributed by atoms with Crippen LogP contribution in [0, 0.1) is 0 Å². The molecule has 0 radical (unpaired) electrons. The first kappa shape index (κ1) is 14.4. The number of aromatic nitrogens is 2. The van der Waals surface area contributed by atoms with Crippen molar-refractivity contribution >= 4 is 23.2 Å². The lowest BCUT2D eigenvalue weighted by molar-refractivity contribution is 0.0989. The van der Waals surface area contributed by atoms with Gasteiger partial charge in [0.05, 0.1) is 0 Å². The number of benzene rings is 2. The van der Waals surface area contributed by atoms with Crippen molar-refractivity contribution in [1.82, 2.24) is 9.97 Å². The van der Waals surface area contributed by atoms with E-state index in [0.717, 1.165) is 24.3 Å². The Balaban J connectivity index is 1.59. The first-order chi connectivity index (χ1) is 11.8. The minimum absolute atomic E-state index is 0.0116. The number of para-hydroxylation sites is 1. The van der Waals surface area contributed by atoms with Gasteiger partial charge in [-0.2, -0.15) is 0 Å². The summed E-state index contributed by atoms with van der Waals surface area (Å²) in [5, 5.41) is 3.12. The minimum atomic E-state index is 0.0116. The Morgan fingerprint density at radius 2 is 1.83 bits per heavy atom. The van der Waals surface area contributed by atoms with Crippen LogP contribution in [0.5, 0.6) is 0 Å². The Morgan fingerprint density at radius 3 is 2.71 bits per heavy atom. The third-order valence-electron chi connectivity index (χ3n) is 4.06. The van der Waals surface area contributed by atoms with E-state index in [4.69, 9.17) is 0 Å². The fraction of sp³-hybridized carbons (Fsp3) is 0.105. The number of fused-ring (bicyclic) bond motifs is 1. The van der Waals surface area contributed by atoms with Crippen LogP contribution >= 0.6 is 0 Å². The van der Waals surface area contributed by atoms with E-state index < -0.39 is 0 Å². The van der Waals surface area contributed by atoms with Crippen LogP contribution in [0.15, 0.2) is 67.0 Å². The molecule has 4 rings (SSSR count). The van der Waals surface area contributed by atoms with Crippen LogP contribution in [0.2, 0.25) is 0 Å². The van der Waals surface area contributed by atoms with Crippen LogP contribution in [-0.2, 0) is 6.42 Å². The van der Waals surface area contributed by atoms with Gasteiger partial charge in [-0.15, -0.1) is 0 Å². The Bertz CT molecular complexity index is 879. The molecule has 3 aromatic rings. The fourth-order valence-corrected chi connectivity index (χ4v) is 2.93. The van der Waals surface area contributed by atoms with Gasteiger partial charge in [0.15, 0.2) is 0 Å². The zero-order chi connectivity index (χ0) is 16.4. The number of amides is 1. The third-order valence-corrected chi connectivity index (χ3v) is 4.06. The van der Waals surface area contributed by atoms with E-state index in [1.54, 1.807) is 18.5 Å². The average molecular weight is 316 g/mol. The molecule has 0 aliphatic carbocycles. The molecule has 0 saturated heterocycles. The van der Waals surface area contributed by atoms with E-state index in [1.165, 1.54) is 5.56 Å². The number of nitrogens with one attached hydrogen (secondary N) is 1. The summed E-state index contributed by atoms with van der Waals surface area (Å²) in [5.74, 6) is 0.520. The number of carbonyl (C=O) groups is 1. The van der Waals surface area contributed by atoms with E-state index in [2.05, 4.69) is 21.4 Å². The molecular formula is C19H16N4O. The van der Waals surface area contributed by atoms with Gasteiger partial charge < -0.3 is 10.2 Å². The molecular weight excluding hydrogens is 300 g/mol. The highest BCUT2D eigenvalue weighted by Crippen LogP contribution is 2.29. The number of hydrogen-bond acceptors (Lipinski definition) is 4. The monoisotopic (exact) mass is 316 g/mol. The highest BCUT2D eigenvalue weighted by Gasteiger charge is 2.25. The van der Waals surface area contributed by atoms with Gasteiger partial charge in [0.1, 0.15) is 0 Å². The molecule has 1 amide bonds. The first-order valence-electron chi connectivity index (χ1n) is 7.85. The van der Waals surface area contributed by atoms with Gasteiger partial charge in [0.25, 0.3) is 5.91 Å². The predicted molar refractivity (Wildman–Crippen MR) is 93.6 cm³/mol. The lowest BCUT2D eigenvalue weighted by Gasteiger charge is -2.17. The molecule has 24 heavy (non-hydrogen) atoms. The van der Waals surface area contributed by atoms with Gasteiger partial charge in [-0.1, -0.05) is 24.3 Å². The van der Waals surface area contributed by atoms with Gasteiger partial charge >= 0.3 is 0 Å². The van der Waals surface area contributed by atoms with Crippen molar-refractivity contribution in [2.45, 2.75) is 6.42 Å². The van der Waals surface area contributed by atoms with Crippen LogP contribution in [0.25, 0.3) is 0 Å². The highest BCUT2D eigenvalue weighted by atomic mass is 16.2. The summed E-state index contributed by atoms with van der Waals surface area (Å²) < 4.78 is 0. The van der Waals surface area contributed by atoms with Gasteiger partial charge in [-0.3, -0.25) is 4.79 Å². The maximum absolute atomic E-state index is 12.9. The summed E-state index contributed by atoms with van der Waals surface area (Å²) >= 11 is 0. The SMILES string of the molecule is O=C(c1cccc(Nc2ncccn2)c1)N1CCc2ccccc21. The van der Waals surface area contributed by atoms with E-state index in [0.29, 0.717) is 11.5 Å². The second kappa shape index (κ2) is 6.12. The van der Waals surface area contributed by atoms with Crippen LogP contribution < -0.4 is 10.2 Å². The second-order valence-corrected chi connectivity index (χ2v) is 5.61. The maximum Gasteiger partial charge on any atom is 0.258 e. The predicted octanol–water partition coefficient (Wildman–Crippen LogP) is 3.42. The third kappa shape index (κ3) is 2.72. The zero-order valence-electron chi connectivity index (χ0n) is 13.0. The lowest BCUT2D eigenvalue weighted by atomic mass is 10.1. The Labute approximate surface area is 140 Å². The van der Waals surface area contributed by atoms with Gasteiger partial charge in [-0.25, -0.2) is 9.97 Å². The molecule has 1 aromatic heterocycles. The van der Waals surface area contributed by atoms with Gasteiger partial charge in [0.2, 0.25) is 5.95 Å². The standard InChI is InChI=1S/C19H16N4O/c24-18(23-12-9-14-5-1-2-8-17(14)23)15-6-3-7-16(13-15)22-19-20-10-4-11-21-19/h1-8,10-11,13H,9,12H2,(H,20,21,22). The molecule has 1 N–H and O–H groups in total. The van der Waals surface area contributed by atoms with Crippen molar-refractivity contribution in [3.8, 4) is 0 Å². The van der Waals surface area contributed by atoms with Crippen LogP contribution in [0.3, 0.4) is 0 Å². The van der Waals surface area contributed by atoms with Crippen molar-refractivity contribution < 1.29 is 4.79 Å². The topological polar surface area (TPSA) is 58.1 Å². The average Bonchev–Trinajstić information content (AvgIpc) is 3.06. The summed E-state index contributed by atoms with van der Waals surface area (Å²) in [6.45, 7) is 0.720. The quantitative estimate of drug-likeness (QED) is 0.804. The van der Waals surface area contributed by atoms with E-state index in [1.807, 2.05) is 47.4 Å². The molecule has 118 valence electrons. The first-order valence-corrected chi connectivity index (χ1v) is 7.85. The van der Waals surface area contributed by atoms with E-state index in [-0.39, 0.29) is 5.91 Å². The van der Waals surface area contributed by atoms with Crippen LogP contribution in [0.1, 0.15) is 15.9 Å². The minimum Gasteiger partial charge on any atom is -0.324 e. The molecule has 1 aliphatic rings. The number of rotatable bonds is 3. The van der Waals surface area contributed by atoms with Gasteiger partial charge in [-0.05, 0) is 42.3 Å². The van der Waals surface area contributed by atoms with Crippen molar-refractivity contribution in [2.75, 3.05) is 16.8 Å². The second-order valence-electron chi connectivity index (χ2n) is 5.61. The Morgan fingerprint density at radius 1 is 1.00 bits per heavy atom. The van der Waals surface area contributed by atoms with E-state index in [9.17, 15) is 4.79 Å². The molecule has 0 spiro atoms. The number of carbonyl (C=O) groups excluding carboxylic acids is 1. The van der Waals surface area contributed by atoms with Crippen molar-refractivity contribution in [2.24, 2.45) is 0 Å². The number of hydrogen-bond donors (Lipinski definition) is 1. The summed E-state index contributed by atoms with van der Waals surface area (Å²) in [6, 6.07) is 17.2. The summed E-state index contributed by atoms with van der Waals surface area (Å²) in [5.41, 5.74) is 3.66. The van der Waals surface area contributed by atoms with E-state index >= 15 is 0 Å². The smallest absolute Gasteiger partial charge is 0.258 e. The molecule has 2 heterocycles. The maximum atomic E-state index is 12.9. The summed E-state index contributed by atoms with van der Waals surface area (Å²) in [7, 11) is 0. The molecule has 0 unspecified atom stereocenters. The number of nitrogens with zero attached hydrogens (tertiary/aromatic N) is 3. The molecule has 0 atom stereocenters. The molecule has 0 fully saturated rings. The van der Waals surface area contributed by atoms with Crippen LogP contribution in [-0.4, -0.2) is 22.4 Å². The fourth-order valence-electron chi connectivity index (χ4n) is 2.93. The molecule has 5 nitrogen and oxygen atoms in total. The largest absolute Gasteiger partial charge is 0.324 e. The molecule has 1 aliphatic heterocycles. The van der Waals surface area contributed by atoms with Crippen LogP contribution in [0.4, 0.5) is 17.3 Å². The van der Waals surface area contributed by atoms with Crippen molar-refractivity contribution in [1.29, 1.82) is 0 Å². The lowest BCUT2D eigenvalue weighted by Crippen LogP contribution is -2.28. The number of anilines is 3. The Kier molecular flexibility index (Phi) is 3.67. The summed E-state index contributed by atoms with van der Waals surface area (Å²) in [4.78, 5) is 23.0. The molecule has 0 saturated carbocycles. The van der Waals surface area contributed by atoms with Crippen molar-refractivity contribution in [3.05, 3.63) is 78.1 Å². The Hall–Kier alpha value is -3.21. The van der Waals surface area contributed by atoms with Gasteiger partial charge in [0, 0.05) is 35.9 Å². The normalized spacial score (nSPS) is 12.8.